The van der Waals surface area contributed by atoms with Gasteiger partial charge in [0.2, 0.25) is 5.91 Å². The van der Waals surface area contributed by atoms with Crippen molar-refractivity contribution in [1.29, 1.82) is 0 Å². The number of carbonyl (C=O) groups excluding carboxylic acids is 1. The van der Waals surface area contributed by atoms with Gasteiger partial charge in [-0.25, -0.2) is 23.1 Å². The zero-order chi connectivity index (χ0) is 30.4. The Labute approximate surface area is 251 Å². The fraction of sp³-hybridized carbons (Fsp3) is 0.323. The largest absolute Gasteiger partial charge is 0.492 e. The molecule has 0 N–H and O–H groups in total. The fourth-order valence-electron chi connectivity index (χ4n) is 5.68. The lowest BCUT2D eigenvalue weighted by Gasteiger charge is -2.40. The maximum atomic E-state index is 16.1. The van der Waals surface area contributed by atoms with Crippen LogP contribution in [0.25, 0.3) is 28.0 Å². The molecule has 1 aromatic carbocycles. The van der Waals surface area contributed by atoms with Crippen molar-refractivity contribution in [3.05, 3.63) is 77.0 Å². The van der Waals surface area contributed by atoms with Crippen LogP contribution >= 0.6 is 11.8 Å². The van der Waals surface area contributed by atoms with Crippen molar-refractivity contribution in [2.24, 2.45) is 0 Å². The van der Waals surface area contributed by atoms with E-state index < -0.39 is 17.3 Å². The molecule has 2 aliphatic heterocycles. The molecule has 1 atom stereocenters. The first-order valence-corrected chi connectivity index (χ1v) is 15.0. The van der Waals surface area contributed by atoms with E-state index in [1.54, 1.807) is 17.2 Å². The minimum absolute atomic E-state index is 0.0741. The predicted molar refractivity (Wildman–Crippen MR) is 162 cm³/mol. The summed E-state index contributed by atoms with van der Waals surface area (Å²) >= 11 is 1.47. The highest BCUT2D eigenvalue weighted by molar-refractivity contribution is 7.99. The number of nitrogens with zero attached hydrogens (tertiary/aromatic N) is 6. The third-order valence-electron chi connectivity index (χ3n) is 7.68. The smallest absolute Gasteiger partial charge is 0.355 e. The van der Waals surface area contributed by atoms with Crippen molar-refractivity contribution in [3.8, 4) is 22.7 Å². The first-order chi connectivity index (χ1) is 20.7. The van der Waals surface area contributed by atoms with Crippen molar-refractivity contribution < 1.29 is 18.3 Å². The molecule has 1 fully saturated rings. The Kier molecular flexibility index (Phi) is 7.63. The third-order valence-corrected chi connectivity index (χ3v) is 8.70. The SMILES string of the molecule is C=CC(=O)N1CCN(c2nc(=O)n3c4nc(c(F)cc24)-c2c(F)cccc2OCCSc2ccnc(C(C)C)c2-3)[C@@H](C)C1. The summed E-state index contributed by atoms with van der Waals surface area (Å²) in [6.07, 6.45) is 2.96. The zero-order valence-corrected chi connectivity index (χ0v) is 24.8. The number of hydrogen-bond donors (Lipinski definition) is 0. The Morgan fingerprint density at radius 1 is 1.19 bits per heavy atom. The summed E-state index contributed by atoms with van der Waals surface area (Å²) in [6, 6.07) is 7.12. The van der Waals surface area contributed by atoms with Crippen LogP contribution in [0.4, 0.5) is 14.6 Å². The molecule has 0 aliphatic carbocycles. The average molecular weight is 605 g/mol. The summed E-state index contributed by atoms with van der Waals surface area (Å²) < 4.78 is 38.8. The van der Waals surface area contributed by atoms with Crippen LogP contribution in [-0.4, -0.2) is 68.4 Å². The van der Waals surface area contributed by atoms with Gasteiger partial charge in [0.05, 0.1) is 28.9 Å². The molecule has 0 radical (unpaired) electrons. The van der Waals surface area contributed by atoms with Gasteiger partial charge in [-0.2, -0.15) is 4.98 Å². The molecule has 222 valence electrons. The van der Waals surface area contributed by atoms with Crippen molar-refractivity contribution in [1.82, 2.24) is 24.4 Å². The van der Waals surface area contributed by atoms with E-state index in [2.05, 4.69) is 21.5 Å². The van der Waals surface area contributed by atoms with Gasteiger partial charge in [-0.15, -0.1) is 11.8 Å². The minimum Gasteiger partial charge on any atom is -0.492 e. The molecule has 1 saturated heterocycles. The van der Waals surface area contributed by atoms with Gasteiger partial charge >= 0.3 is 5.69 Å². The number of piperazine rings is 1. The van der Waals surface area contributed by atoms with Crippen LogP contribution < -0.4 is 15.3 Å². The van der Waals surface area contributed by atoms with E-state index in [-0.39, 0.29) is 58.3 Å². The van der Waals surface area contributed by atoms with Gasteiger partial charge in [0.25, 0.3) is 0 Å². The first-order valence-electron chi connectivity index (χ1n) is 14.0. The Hall–Kier alpha value is -4.32. The maximum absolute atomic E-state index is 16.1. The Morgan fingerprint density at radius 2 is 2.00 bits per heavy atom. The van der Waals surface area contributed by atoms with Crippen molar-refractivity contribution >= 4 is 34.5 Å². The van der Waals surface area contributed by atoms with E-state index in [1.807, 2.05) is 31.7 Å². The summed E-state index contributed by atoms with van der Waals surface area (Å²) in [7, 11) is 0. The van der Waals surface area contributed by atoms with Gasteiger partial charge in [0.15, 0.2) is 11.5 Å². The predicted octanol–water partition coefficient (Wildman–Crippen LogP) is 4.95. The molecule has 1 amide bonds. The van der Waals surface area contributed by atoms with Gasteiger partial charge in [0.1, 0.15) is 23.1 Å². The quantitative estimate of drug-likeness (QED) is 0.304. The van der Waals surface area contributed by atoms with Crippen molar-refractivity contribution in [2.45, 2.75) is 37.6 Å². The second-order valence-electron chi connectivity index (χ2n) is 10.8. The van der Waals surface area contributed by atoms with Crippen molar-refractivity contribution in [2.75, 3.05) is 36.9 Å². The Bertz CT molecular complexity index is 1830. The van der Waals surface area contributed by atoms with Crippen molar-refractivity contribution in [3.63, 3.8) is 0 Å². The molecule has 2 aliphatic rings. The number of benzene rings is 1. The van der Waals surface area contributed by atoms with E-state index in [0.717, 1.165) is 4.90 Å². The molecule has 0 spiro atoms. The summed E-state index contributed by atoms with van der Waals surface area (Å²) in [4.78, 5) is 44.5. The second-order valence-corrected chi connectivity index (χ2v) is 11.9. The molecule has 4 aromatic rings. The first kappa shape index (κ1) is 28.8. The number of halogens is 2. The van der Waals surface area contributed by atoms with Gasteiger partial charge in [-0.05, 0) is 43.2 Å². The van der Waals surface area contributed by atoms with Crippen LogP contribution in [0.1, 0.15) is 32.4 Å². The maximum Gasteiger partial charge on any atom is 0.355 e. The van der Waals surface area contributed by atoms with E-state index >= 15 is 8.78 Å². The third kappa shape index (κ3) is 5.03. The number of carbonyl (C=O) groups is 1. The number of ether oxygens (including phenoxy) is 1. The highest BCUT2D eigenvalue weighted by Crippen LogP contribution is 2.39. The highest BCUT2D eigenvalue weighted by atomic mass is 32.2. The van der Waals surface area contributed by atoms with Gasteiger partial charge < -0.3 is 14.5 Å². The number of pyridine rings is 2. The summed E-state index contributed by atoms with van der Waals surface area (Å²) in [5.41, 5.74) is 0.253. The topological polar surface area (TPSA) is 93.5 Å². The molecule has 3 aromatic heterocycles. The number of rotatable bonds is 3. The normalized spacial score (nSPS) is 16.7. The van der Waals surface area contributed by atoms with Crippen LogP contribution in [0.3, 0.4) is 0 Å². The van der Waals surface area contributed by atoms with Gasteiger partial charge in [0, 0.05) is 42.5 Å². The number of amides is 1. The van der Waals surface area contributed by atoms with Crippen LogP contribution in [0.15, 0.2) is 58.9 Å². The van der Waals surface area contributed by atoms with Crippen LogP contribution in [0.5, 0.6) is 5.75 Å². The summed E-state index contributed by atoms with van der Waals surface area (Å²) in [6.45, 7) is 10.7. The van der Waals surface area contributed by atoms with E-state index in [0.29, 0.717) is 36.8 Å². The average Bonchev–Trinajstić information content (AvgIpc) is 2.98. The molecule has 5 heterocycles. The Balaban J connectivity index is 1.68. The minimum atomic E-state index is -0.786. The van der Waals surface area contributed by atoms with Gasteiger partial charge in [-0.3, -0.25) is 9.78 Å². The van der Waals surface area contributed by atoms with E-state index in [9.17, 15) is 9.59 Å². The second kappa shape index (κ2) is 11.4. The van der Waals surface area contributed by atoms with Gasteiger partial charge in [-0.1, -0.05) is 26.5 Å². The lowest BCUT2D eigenvalue weighted by atomic mass is 10.1. The number of fused-ring (bicyclic) bond motifs is 5. The number of anilines is 1. The molecule has 12 heteroatoms. The molecule has 0 unspecified atom stereocenters. The molecule has 43 heavy (non-hydrogen) atoms. The molecule has 6 rings (SSSR count). The standard InChI is InChI=1S/C31H30F2N6O3S/c1-5-24(40)37-11-12-38(18(4)16-37)29-19-15-21(33)27-25-20(32)7-6-8-22(25)42-13-14-43-23-9-10-34-26(17(2)3)28(23)39(30(19)35-27)31(41)36-29/h5-10,15,17-18H,1,11-14,16H2,2-4H3/t18-/m0/s1. The molecular formula is C31H30F2N6O3S. The molecule has 9 nitrogen and oxygen atoms in total. The molecule has 2 bridgehead atoms. The zero-order valence-electron chi connectivity index (χ0n) is 24.0. The van der Waals surface area contributed by atoms with E-state index in [4.69, 9.17) is 4.74 Å². The number of thioether (sulfide) groups is 1. The summed E-state index contributed by atoms with van der Waals surface area (Å²) in [5, 5.41) is 0.279. The van der Waals surface area contributed by atoms with Crippen LogP contribution in [-0.2, 0) is 4.79 Å². The van der Waals surface area contributed by atoms with E-state index in [1.165, 1.54) is 40.6 Å². The lowest BCUT2D eigenvalue weighted by molar-refractivity contribution is -0.126. The number of hydrogen-bond acceptors (Lipinski definition) is 8. The molecule has 0 saturated carbocycles. The Morgan fingerprint density at radius 3 is 2.74 bits per heavy atom. The summed E-state index contributed by atoms with van der Waals surface area (Å²) in [5.74, 6) is -0.871. The number of aromatic nitrogens is 4. The monoisotopic (exact) mass is 604 g/mol. The highest BCUT2D eigenvalue weighted by Gasteiger charge is 2.31. The lowest BCUT2D eigenvalue weighted by Crippen LogP contribution is -2.54. The molecular weight excluding hydrogens is 574 g/mol. The van der Waals surface area contributed by atoms with Crippen LogP contribution in [0.2, 0.25) is 0 Å². The van der Waals surface area contributed by atoms with Crippen LogP contribution in [0, 0.1) is 11.6 Å². The fourth-order valence-corrected chi connectivity index (χ4v) is 6.55.